The van der Waals surface area contributed by atoms with Crippen molar-refractivity contribution in [2.75, 3.05) is 38.9 Å². The van der Waals surface area contributed by atoms with Crippen molar-refractivity contribution < 1.29 is 42.3 Å². The Morgan fingerprint density at radius 2 is 1.50 bits per heavy atom. The number of rotatable bonds is 20. The summed E-state index contributed by atoms with van der Waals surface area (Å²) >= 11 is 0. The van der Waals surface area contributed by atoms with E-state index >= 15 is 4.39 Å². The van der Waals surface area contributed by atoms with Crippen LogP contribution in [-0.4, -0.2) is 99.0 Å². The molecule has 5 atom stereocenters. The second-order valence-corrected chi connectivity index (χ2v) is 18.6. The van der Waals surface area contributed by atoms with E-state index in [0.29, 0.717) is 28.4 Å². The number of para-hydroxylation sites is 1. The predicted octanol–water partition coefficient (Wildman–Crippen LogP) is 7.57. The van der Waals surface area contributed by atoms with Gasteiger partial charge in [-0.2, -0.15) is 14.8 Å². The number of aromatic nitrogens is 4. The van der Waals surface area contributed by atoms with Crippen LogP contribution in [-0.2, 0) is 24.4 Å². The number of anilines is 1. The number of carbonyl (C=O) groups is 1. The van der Waals surface area contributed by atoms with Crippen molar-refractivity contribution in [1.82, 2.24) is 24.2 Å². The Hall–Kier alpha value is -6.25. The number of fused-ring (bicyclic) bond motifs is 1. The molecule has 0 radical (unpaired) electrons. The molecule has 7 rings (SSSR count). The van der Waals surface area contributed by atoms with E-state index in [2.05, 4.69) is 26.3 Å². The Bertz CT molecular complexity index is 2590. The minimum Gasteiger partial charge on any atom is -0.497 e. The van der Waals surface area contributed by atoms with E-state index in [4.69, 9.17) is 28.2 Å². The van der Waals surface area contributed by atoms with Gasteiger partial charge in [-0.25, -0.2) is 14.3 Å². The zero-order valence-corrected chi connectivity index (χ0v) is 38.4. The number of carbonyl (C=O) groups excluding carboxylic acids is 1. The molecular formula is C48H54FN7O9P+. The minimum atomic E-state index is -3.75. The number of hydrogen-bond acceptors (Lipinski definition) is 13. The minimum absolute atomic E-state index is 0.0643. The van der Waals surface area contributed by atoms with Crippen molar-refractivity contribution >= 4 is 30.9 Å². The predicted molar refractivity (Wildman–Crippen MR) is 247 cm³/mol. The Kier molecular flexibility index (Phi) is 15.1. The van der Waals surface area contributed by atoms with Crippen LogP contribution >= 0.6 is 7.87 Å². The summed E-state index contributed by atoms with van der Waals surface area (Å²) in [7, 11) is -0.591. The lowest BCUT2D eigenvalue weighted by molar-refractivity contribution is -0.118. The molecule has 0 bridgehead atoms. The fourth-order valence-electron chi connectivity index (χ4n) is 8.40. The van der Waals surface area contributed by atoms with E-state index in [1.807, 2.05) is 113 Å². The fraction of sp³-hybridized carbons (Fsp3) is 0.354. The molecule has 0 aliphatic carbocycles. The lowest BCUT2D eigenvalue weighted by Gasteiger charge is -2.38. The molecule has 0 spiro atoms. The maximum atomic E-state index is 17.8. The lowest BCUT2D eigenvalue weighted by Crippen LogP contribution is -2.44. The van der Waals surface area contributed by atoms with E-state index in [1.54, 1.807) is 43.2 Å². The SMILES string of the molecule is COc1ccc(C(OC[C@H]2O[C@@H](n3cnc4c(=O)[nH]c(NC(=O)COc5ccccc5)nc43)[C@H](F)[C@@H]2O[P+](O)(CCC#N)N(C(C)C)C(C)C)(c2ccccc2)c2ccc(OC)cc2)cc1. The van der Waals surface area contributed by atoms with E-state index in [-0.39, 0.29) is 55.0 Å². The van der Waals surface area contributed by atoms with Gasteiger partial charge in [-0.05, 0) is 80.8 Å². The van der Waals surface area contributed by atoms with Crippen molar-refractivity contribution in [2.45, 2.75) is 76.4 Å². The van der Waals surface area contributed by atoms with Crippen molar-refractivity contribution in [3.05, 3.63) is 143 Å². The third kappa shape index (κ3) is 10.1. The van der Waals surface area contributed by atoms with Crippen LogP contribution in [0, 0.1) is 11.3 Å². The Balaban J connectivity index is 1.31. The van der Waals surface area contributed by atoms with Crippen molar-refractivity contribution in [3.8, 4) is 23.3 Å². The molecule has 1 aliphatic rings. The Labute approximate surface area is 382 Å². The molecule has 1 unspecified atom stereocenters. The van der Waals surface area contributed by atoms with E-state index in [0.717, 1.165) is 5.56 Å². The summed E-state index contributed by atoms with van der Waals surface area (Å²) in [5.41, 5.74) is -0.137. The first-order valence-electron chi connectivity index (χ1n) is 21.5. The molecule has 3 heterocycles. The number of H-pyrrole nitrogens is 1. The molecule has 1 saturated heterocycles. The van der Waals surface area contributed by atoms with Crippen LogP contribution in [0.4, 0.5) is 10.3 Å². The molecular weight excluding hydrogens is 869 g/mol. The third-order valence-electron chi connectivity index (χ3n) is 11.2. The molecule has 4 aromatic carbocycles. The van der Waals surface area contributed by atoms with Crippen LogP contribution in [0.25, 0.3) is 11.2 Å². The van der Waals surface area contributed by atoms with Gasteiger partial charge in [-0.1, -0.05) is 72.8 Å². The second kappa shape index (κ2) is 20.9. The highest BCUT2D eigenvalue weighted by molar-refractivity contribution is 7.63. The van der Waals surface area contributed by atoms with Gasteiger partial charge in [-0.15, -0.1) is 4.67 Å². The molecule has 1 amide bonds. The van der Waals surface area contributed by atoms with Gasteiger partial charge in [0.15, 0.2) is 36.3 Å². The molecule has 0 saturated carbocycles. The first kappa shape index (κ1) is 47.7. The number of alkyl halides is 1. The first-order chi connectivity index (χ1) is 31.8. The van der Waals surface area contributed by atoms with Crippen LogP contribution in [0.2, 0.25) is 0 Å². The maximum Gasteiger partial charge on any atom is 0.347 e. The number of nitriles is 1. The maximum absolute atomic E-state index is 17.8. The number of aromatic amines is 1. The number of imidazole rings is 1. The summed E-state index contributed by atoms with van der Waals surface area (Å²) in [6.45, 7) is 6.88. The largest absolute Gasteiger partial charge is 0.497 e. The zero-order valence-electron chi connectivity index (χ0n) is 37.5. The molecule has 6 aromatic rings. The van der Waals surface area contributed by atoms with Gasteiger partial charge in [0.25, 0.3) is 11.5 Å². The molecule has 66 heavy (non-hydrogen) atoms. The van der Waals surface area contributed by atoms with Crippen LogP contribution in [0.1, 0.15) is 57.0 Å². The normalized spacial score (nSPS) is 18.3. The number of ether oxygens (including phenoxy) is 5. The van der Waals surface area contributed by atoms with Crippen LogP contribution < -0.4 is 25.1 Å². The van der Waals surface area contributed by atoms with Gasteiger partial charge in [0.2, 0.25) is 5.95 Å². The molecule has 18 heteroatoms. The van der Waals surface area contributed by atoms with E-state index in [1.165, 1.54) is 10.9 Å². The van der Waals surface area contributed by atoms with Gasteiger partial charge in [0.1, 0.15) is 35.1 Å². The van der Waals surface area contributed by atoms with Crippen LogP contribution in [0.5, 0.6) is 17.2 Å². The van der Waals surface area contributed by atoms with Crippen molar-refractivity contribution in [3.63, 3.8) is 0 Å². The highest BCUT2D eigenvalue weighted by Crippen LogP contribution is 2.64. The number of amides is 1. The van der Waals surface area contributed by atoms with Gasteiger partial charge in [-0.3, -0.25) is 24.5 Å². The molecule has 346 valence electrons. The average molecular weight is 923 g/mol. The number of hydrogen-bond donors (Lipinski definition) is 3. The van der Waals surface area contributed by atoms with E-state index < -0.39 is 49.5 Å². The molecule has 1 fully saturated rings. The van der Waals surface area contributed by atoms with Gasteiger partial charge < -0.3 is 23.7 Å². The van der Waals surface area contributed by atoms with Crippen LogP contribution in [0.3, 0.4) is 0 Å². The third-order valence-corrected chi connectivity index (χ3v) is 14.2. The van der Waals surface area contributed by atoms with Crippen molar-refractivity contribution in [2.24, 2.45) is 0 Å². The smallest absolute Gasteiger partial charge is 0.347 e. The monoisotopic (exact) mass is 922 g/mol. The summed E-state index contributed by atoms with van der Waals surface area (Å²) < 4.78 is 57.9. The lowest BCUT2D eigenvalue weighted by atomic mass is 9.80. The summed E-state index contributed by atoms with van der Waals surface area (Å²) in [6.07, 6.45) is -5.20. The molecule has 2 aromatic heterocycles. The number of benzene rings is 4. The molecule has 3 N–H and O–H groups in total. The second-order valence-electron chi connectivity index (χ2n) is 16.1. The number of nitrogens with one attached hydrogen (secondary N) is 2. The van der Waals surface area contributed by atoms with E-state index in [9.17, 15) is 19.7 Å². The summed E-state index contributed by atoms with van der Waals surface area (Å²) in [5, 5.41) is 12.3. The molecule has 1 aliphatic heterocycles. The Morgan fingerprint density at radius 3 is 2.06 bits per heavy atom. The summed E-state index contributed by atoms with van der Waals surface area (Å²) in [6, 6.07) is 34.7. The van der Waals surface area contributed by atoms with Crippen LogP contribution in [0.15, 0.2) is 120 Å². The quantitative estimate of drug-likeness (QED) is 0.0502. The standard InChI is InChI=1S/C48H53FN7O9P/c1-31(2)56(32(3)4)66(59,27-13-26-50)65-43-39(28-63-48(33-14-9-7-10-15-33,34-18-22-36(60-5)23-19-34)35-20-24-37(61-6)25-21-35)64-46(41(43)49)55-30-51-42-44(55)53-47(54-45(42)58)52-40(57)29-62-38-16-11-8-12-17-38/h7-12,14-25,30-32,39,41,43,46,59H,13,27-29H2,1-6H3,(H-,52,53,54,57,58)/p+1/t39-,41-,43-,46-,66?/m1/s1. The number of nitrogens with zero attached hydrogens (tertiary/aromatic N) is 5. The first-order valence-corrected chi connectivity index (χ1v) is 23.3. The number of halogens is 1. The fourth-order valence-corrected chi connectivity index (χ4v) is 11.3. The zero-order chi connectivity index (χ0) is 47.0. The summed E-state index contributed by atoms with van der Waals surface area (Å²) in [4.78, 5) is 50.2. The van der Waals surface area contributed by atoms with Crippen molar-refractivity contribution in [1.29, 1.82) is 5.26 Å². The van der Waals surface area contributed by atoms with Gasteiger partial charge in [0.05, 0.1) is 39.6 Å². The van der Waals surface area contributed by atoms with Gasteiger partial charge >= 0.3 is 7.87 Å². The Morgan fingerprint density at radius 1 is 0.924 bits per heavy atom. The number of methoxy groups -OCH3 is 2. The topological polar surface area (TPSA) is 195 Å². The highest BCUT2D eigenvalue weighted by atomic mass is 31.2. The molecule has 16 nitrogen and oxygen atoms in total. The average Bonchev–Trinajstić information content (AvgIpc) is 3.88. The van der Waals surface area contributed by atoms with Gasteiger partial charge in [0, 0.05) is 12.1 Å². The highest BCUT2D eigenvalue weighted by Gasteiger charge is 2.58. The summed E-state index contributed by atoms with van der Waals surface area (Å²) in [5.74, 6) is 0.857.